The van der Waals surface area contributed by atoms with Crippen LogP contribution in [0.15, 0.2) is 47.6 Å². The van der Waals surface area contributed by atoms with Gasteiger partial charge in [-0.05, 0) is 30.0 Å². The molecule has 0 aliphatic heterocycles. The van der Waals surface area contributed by atoms with Crippen LogP contribution in [-0.2, 0) is 11.5 Å². The zero-order valence-corrected chi connectivity index (χ0v) is 14.8. The average molecular weight is 399 g/mol. The van der Waals surface area contributed by atoms with E-state index in [1.165, 1.54) is 17.8 Å². The number of halogens is 1. The highest BCUT2D eigenvalue weighted by Gasteiger charge is 2.10. The molecule has 0 radical (unpaired) electrons. The van der Waals surface area contributed by atoms with Crippen molar-refractivity contribution in [2.24, 2.45) is 0 Å². The summed E-state index contributed by atoms with van der Waals surface area (Å²) in [5, 5.41) is 9.36. The van der Waals surface area contributed by atoms with E-state index in [1.54, 1.807) is 17.8 Å². The smallest absolute Gasteiger partial charge is 0.336 e. The molecule has 3 aromatic rings. The van der Waals surface area contributed by atoms with E-state index in [4.69, 9.17) is 8.83 Å². The van der Waals surface area contributed by atoms with Gasteiger partial charge in [0.2, 0.25) is 5.89 Å². The van der Waals surface area contributed by atoms with Crippen molar-refractivity contribution in [2.75, 3.05) is 6.26 Å². The third-order valence-corrected chi connectivity index (χ3v) is 4.76. The normalized spacial score (nSPS) is 11.2. The molecule has 114 valence electrons. The molecule has 0 bridgehead atoms. The van der Waals surface area contributed by atoms with Gasteiger partial charge in [-0.15, -0.1) is 10.2 Å². The van der Waals surface area contributed by atoms with Gasteiger partial charge in [-0.2, -0.15) is 11.8 Å². The zero-order valence-electron chi connectivity index (χ0n) is 11.5. The molecular weight excluding hydrogens is 388 g/mol. The highest BCUT2D eigenvalue weighted by Crippen LogP contribution is 2.27. The first-order valence-electron chi connectivity index (χ1n) is 6.32. The lowest BCUT2D eigenvalue weighted by molar-refractivity contribution is 0.426. The summed E-state index contributed by atoms with van der Waals surface area (Å²) in [4.78, 5) is 11.7. The lowest BCUT2D eigenvalue weighted by Crippen LogP contribution is -1.99. The summed E-state index contributed by atoms with van der Waals surface area (Å²) in [6.07, 6.45) is 1.98. The Labute approximate surface area is 143 Å². The number of rotatable bonds is 5. The largest absolute Gasteiger partial charge is 0.423 e. The van der Waals surface area contributed by atoms with Crippen LogP contribution in [0.1, 0.15) is 11.5 Å². The summed E-state index contributed by atoms with van der Waals surface area (Å²) in [7, 11) is 0. The van der Waals surface area contributed by atoms with Gasteiger partial charge in [0.15, 0.2) is 0 Å². The zero-order chi connectivity index (χ0) is 15.5. The molecule has 0 N–H and O–H groups in total. The molecule has 2 heterocycles. The van der Waals surface area contributed by atoms with Crippen LogP contribution in [0.25, 0.3) is 11.0 Å². The molecule has 3 rings (SSSR count). The molecule has 5 nitrogen and oxygen atoms in total. The molecule has 0 fully saturated rings. The number of fused-ring (bicyclic) bond motifs is 1. The van der Waals surface area contributed by atoms with Crippen molar-refractivity contribution in [3.05, 3.63) is 50.6 Å². The highest BCUT2D eigenvalue weighted by atomic mass is 79.9. The van der Waals surface area contributed by atoms with Crippen LogP contribution >= 0.6 is 39.5 Å². The van der Waals surface area contributed by atoms with Crippen LogP contribution in [0, 0.1) is 0 Å². The average Bonchev–Trinajstić information content (AvgIpc) is 2.92. The number of nitrogens with zero attached hydrogens (tertiary/aromatic N) is 2. The molecule has 0 saturated heterocycles. The third-order valence-electron chi connectivity index (χ3n) is 2.86. The Morgan fingerprint density at radius 2 is 2.05 bits per heavy atom. The molecule has 0 aliphatic carbocycles. The fraction of sp³-hybridized carbons (Fsp3) is 0.214. The van der Waals surface area contributed by atoms with Gasteiger partial charge in [-0.25, -0.2) is 4.79 Å². The molecule has 2 aromatic heterocycles. The van der Waals surface area contributed by atoms with E-state index >= 15 is 0 Å². The second kappa shape index (κ2) is 6.89. The first-order valence-corrected chi connectivity index (χ1v) is 9.49. The molecule has 8 heteroatoms. The van der Waals surface area contributed by atoms with E-state index in [0.717, 1.165) is 15.4 Å². The van der Waals surface area contributed by atoms with Crippen molar-refractivity contribution in [1.82, 2.24) is 10.2 Å². The molecule has 0 aliphatic rings. The molecule has 22 heavy (non-hydrogen) atoms. The van der Waals surface area contributed by atoms with E-state index in [2.05, 4.69) is 26.1 Å². The summed E-state index contributed by atoms with van der Waals surface area (Å²) in [5.74, 6) is 1.86. The standard InChI is InChI=1S/C14H11BrN2O3S2/c1-21-7-12-16-17-14(20-12)22-6-8-4-13(18)19-11-5-9(15)2-3-10(8)11/h2-5H,6-7H2,1H3. The van der Waals surface area contributed by atoms with E-state index in [-0.39, 0.29) is 5.63 Å². The molecule has 0 saturated carbocycles. The maximum absolute atomic E-state index is 11.7. The molecule has 0 spiro atoms. The maximum atomic E-state index is 11.7. The summed E-state index contributed by atoms with van der Waals surface area (Å²) >= 11 is 6.40. The Morgan fingerprint density at radius 1 is 1.18 bits per heavy atom. The fourth-order valence-electron chi connectivity index (χ4n) is 1.94. The van der Waals surface area contributed by atoms with Crippen molar-refractivity contribution in [3.63, 3.8) is 0 Å². The predicted octanol–water partition coefficient (Wildman–Crippen LogP) is 4.09. The number of thioether (sulfide) groups is 2. The topological polar surface area (TPSA) is 69.1 Å². The second-order valence-electron chi connectivity index (χ2n) is 4.41. The first-order chi connectivity index (χ1) is 10.7. The summed E-state index contributed by atoms with van der Waals surface area (Å²) in [6, 6.07) is 7.13. The van der Waals surface area contributed by atoms with Crippen LogP contribution in [0.2, 0.25) is 0 Å². The number of hydrogen-bond donors (Lipinski definition) is 0. The van der Waals surface area contributed by atoms with Crippen molar-refractivity contribution in [2.45, 2.75) is 16.7 Å². The lowest BCUT2D eigenvalue weighted by atomic mass is 10.1. The first kappa shape index (κ1) is 15.6. The number of aromatic nitrogens is 2. The van der Waals surface area contributed by atoms with Gasteiger partial charge in [-0.3, -0.25) is 0 Å². The maximum Gasteiger partial charge on any atom is 0.336 e. The van der Waals surface area contributed by atoms with Crippen molar-refractivity contribution < 1.29 is 8.83 Å². The third kappa shape index (κ3) is 3.56. The number of hydrogen-bond acceptors (Lipinski definition) is 7. The summed E-state index contributed by atoms with van der Waals surface area (Å²) in [6.45, 7) is 0. The minimum atomic E-state index is -0.366. The van der Waals surface area contributed by atoms with Crippen LogP contribution in [0.4, 0.5) is 0 Å². The van der Waals surface area contributed by atoms with E-state index in [9.17, 15) is 4.79 Å². The van der Waals surface area contributed by atoms with Gasteiger partial charge in [0.25, 0.3) is 5.22 Å². The van der Waals surface area contributed by atoms with Crippen LogP contribution in [0.5, 0.6) is 0 Å². The molecular formula is C14H11BrN2O3S2. The van der Waals surface area contributed by atoms with Gasteiger partial charge < -0.3 is 8.83 Å². The predicted molar refractivity (Wildman–Crippen MR) is 91.3 cm³/mol. The van der Waals surface area contributed by atoms with Crippen molar-refractivity contribution in [3.8, 4) is 0 Å². The van der Waals surface area contributed by atoms with Crippen LogP contribution in [-0.4, -0.2) is 16.5 Å². The summed E-state index contributed by atoms with van der Waals surface area (Å²) in [5.41, 5.74) is 1.08. The Morgan fingerprint density at radius 3 is 2.86 bits per heavy atom. The Kier molecular flexibility index (Phi) is 4.90. The van der Waals surface area contributed by atoms with E-state index in [0.29, 0.717) is 28.2 Å². The van der Waals surface area contributed by atoms with Gasteiger partial charge in [0, 0.05) is 21.7 Å². The van der Waals surface area contributed by atoms with Crippen LogP contribution in [0.3, 0.4) is 0 Å². The van der Waals surface area contributed by atoms with E-state index < -0.39 is 0 Å². The molecule has 0 unspecified atom stereocenters. The Balaban J connectivity index is 1.85. The van der Waals surface area contributed by atoms with Crippen molar-refractivity contribution in [1.29, 1.82) is 0 Å². The minimum Gasteiger partial charge on any atom is -0.423 e. The lowest BCUT2D eigenvalue weighted by Gasteiger charge is -2.04. The minimum absolute atomic E-state index is 0.366. The molecule has 0 atom stereocenters. The second-order valence-corrected chi connectivity index (χ2v) is 7.12. The SMILES string of the molecule is CSCc1nnc(SCc2cc(=O)oc3cc(Br)ccc23)o1. The molecule has 1 aromatic carbocycles. The Hall–Kier alpha value is -1.25. The summed E-state index contributed by atoms with van der Waals surface area (Å²) < 4.78 is 11.6. The van der Waals surface area contributed by atoms with Crippen LogP contribution < -0.4 is 5.63 Å². The highest BCUT2D eigenvalue weighted by molar-refractivity contribution is 9.10. The van der Waals surface area contributed by atoms with Gasteiger partial charge in [0.1, 0.15) is 5.58 Å². The van der Waals surface area contributed by atoms with Gasteiger partial charge >= 0.3 is 5.63 Å². The van der Waals surface area contributed by atoms with Gasteiger partial charge in [0.05, 0.1) is 5.75 Å². The number of benzene rings is 1. The monoisotopic (exact) mass is 398 g/mol. The molecule has 0 amide bonds. The Bertz CT molecular complexity index is 863. The van der Waals surface area contributed by atoms with Crippen molar-refractivity contribution >= 4 is 50.4 Å². The van der Waals surface area contributed by atoms with Gasteiger partial charge in [-0.1, -0.05) is 27.7 Å². The quantitative estimate of drug-likeness (QED) is 0.473. The van der Waals surface area contributed by atoms with E-state index in [1.807, 2.05) is 18.4 Å². The fourth-order valence-corrected chi connectivity index (χ4v) is 3.42.